The summed E-state index contributed by atoms with van der Waals surface area (Å²) in [5.74, 6) is -0.0147. The van der Waals surface area contributed by atoms with Crippen molar-refractivity contribution in [1.82, 2.24) is 0 Å². The van der Waals surface area contributed by atoms with Crippen molar-refractivity contribution in [3.63, 3.8) is 0 Å². The van der Waals surface area contributed by atoms with E-state index in [0.717, 1.165) is 5.56 Å². The number of rotatable bonds is 6. The summed E-state index contributed by atoms with van der Waals surface area (Å²) in [7, 11) is 1.31. The molecule has 1 N–H and O–H groups in total. The Kier molecular flexibility index (Phi) is 6.81. The number of halogens is 2. The molecule has 0 saturated carbocycles. The fourth-order valence-electron chi connectivity index (χ4n) is 1.90. The normalized spacial score (nSPS) is 10.3. The highest BCUT2D eigenvalue weighted by molar-refractivity contribution is 9.10. The van der Waals surface area contributed by atoms with Crippen LogP contribution >= 0.6 is 27.7 Å². The molecule has 126 valence electrons. The molecular weight excluding hydrogens is 397 g/mol. The quantitative estimate of drug-likeness (QED) is 0.721. The SMILES string of the molecule is COC(=O)c1ccc(NC(=O)CSCc2ccc(F)cc2Br)cc1. The van der Waals surface area contributed by atoms with E-state index in [-0.39, 0.29) is 17.5 Å². The Labute approximate surface area is 151 Å². The fraction of sp³-hybridized carbons (Fsp3) is 0.176. The predicted octanol–water partition coefficient (Wildman–Crippen LogP) is 4.25. The van der Waals surface area contributed by atoms with Crippen molar-refractivity contribution in [3.05, 3.63) is 63.9 Å². The van der Waals surface area contributed by atoms with Gasteiger partial charge in [0.15, 0.2) is 0 Å². The van der Waals surface area contributed by atoms with E-state index in [1.165, 1.54) is 31.0 Å². The molecule has 0 saturated heterocycles. The van der Waals surface area contributed by atoms with Crippen molar-refractivity contribution in [2.24, 2.45) is 0 Å². The largest absolute Gasteiger partial charge is 0.465 e. The van der Waals surface area contributed by atoms with E-state index in [1.54, 1.807) is 30.3 Å². The van der Waals surface area contributed by atoms with Crippen molar-refractivity contribution in [2.45, 2.75) is 5.75 Å². The van der Waals surface area contributed by atoms with Crippen LogP contribution in [0.25, 0.3) is 0 Å². The third-order valence-electron chi connectivity index (χ3n) is 3.10. The molecule has 4 nitrogen and oxygen atoms in total. The second-order valence-electron chi connectivity index (χ2n) is 4.85. The average Bonchev–Trinajstić information content (AvgIpc) is 2.57. The number of hydrogen-bond acceptors (Lipinski definition) is 4. The molecule has 0 heterocycles. The molecule has 2 aromatic rings. The summed E-state index contributed by atoms with van der Waals surface area (Å²) in [6, 6.07) is 10.9. The van der Waals surface area contributed by atoms with Gasteiger partial charge in [-0.3, -0.25) is 4.79 Å². The van der Waals surface area contributed by atoms with Gasteiger partial charge in [0.2, 0.25) is 5.91 Å². The van der Waals surface area contributed by atoms with E-state index < -0.39 is 5.97 Å². The summed E-state index contributed by atoms with van der Waals surface area (Å²) >= 11 is 4.73. The topological polar surface area (TPSA) is 55.4 Å². The van der Waals surface area contributed by atoms with Crippen molar-refractivity contribution in [3.8, 4) is 0 Å². The first-order valence-electron chi connectivity index (χ1n) is 6.99. The van der Waals surface area contributed by atoms with Crippen LogP contribution in [0.15, 0.2) is 46.9 Å². The second-order valence-corrected chi connectivity index (χ2v) is 6.69. The lowest BCUT2D eigenvalue weighted by atomic mass is 10.2. The summed E-state index contributed by atoms with van der Waals surface area (Å²) in [6.07, 6.45) is 0. The summed E-state index contributed by atoms with van der Waals surface area (Å²) in [6.45, 7) is 0. The maximum Gasteiger partial charge on any atom is 0.337 e. The van der Waals surface area contributed by atoms with Crippen LogP contribution in [0.1, 0.15) is 15.9 Å². The molecule has 0 unspecified atom stereocenters. The number of nitrogens with one attached hydrogen (secondary N) is 1. The Hall–Kier alpha value is -1.86. The number of benzene rings is 2. The number of methoxy groups -OCH3 is 1. The first kappa shape index (κ1) is 18.5. The van der Waals surface area contributed by atoms with Gasteiger partial charge in [-0.15, -0.1) is 11.8 Å². The molecule has 0 bridgehead atoms. The van der Waals surface area contributed by atoms with E-state index in [0.29, 0.717) is 21.5 Å². The minimum absolute atomic E-state index is 0.149. The molecule has 0 aliphatic rings. The highest BCUT2D eigenvalue weighted by atomic mass is 79.9. The van der Waals surface area contributed by atoms with Crippen molar-refractivity contribution in [1.29, 1.82) is 0 Å². The van der Waals surface area contributed by atoms with Gasteiger partial charge in [-0.1, -0.05) is 22.0 Å². The number of esters is 1. The summed E-state index contributed by atoms with van der Waals surface area (Å²) in [4.78, 5) is 23.3. The third-order valence-corrected chi connectivity index (χ3v) is 4.82. The van der Waals surface area contributed by atoms with Crippen LogP contribution in [0, 0.1) is 5.82 Å². The number of amides is 1. The summed E-state index contributed by atoms with van der Waals surface area (Å²) < 4.78 is 18.3. The minimum Gasteiger partial charge on any atom is -0.465 e. The minimum atomic E-state index is -0.423. The maximum absolute atomic E-state index is 13.0. The van der Waals surface area contributed by atoms with Crippen molar-refractivity contribution in [2.75, 3.05) is 18.2 Å². The number of anilines is 1. The average molecular weight is 412 g/mol. The summed E-state index contributed by atoms with van der Waals surface area (Å²) in [5, 5.41) is 2.75. The molecule has 2 rings (SSSR count). The van der Waals surface area contributed by atoms with E-state index >= 15 is 0 Å². The maximum atomic E-state index is 13.0. The zero-order chi connectivity index (χ0) is 17.5. The lowest BCUT2D eigenvalue weighted by Gasteiger charge is -2.07. The van der Waals surface area contributed by atoms with Crippen LogP contribution in [-0.2, 0) is 15.3 Å². The molecule has 0 aliphatic carbocycles. The monoisotopic (exact) mass is 411 g/mol. The van der Waals surface area contributed by atoms with Crippen molar-refractivity contribution >= 4 is 45.3 Å². The van der Waals surface area contributed by atoms with E-state index in [1.807, 2.05) is 0 Å². The van der Waals surface area contributed by atoms with Gasteiger partial charge in [0.1, 0.15) is 5.82 Å². The van der Waals surface area contributed by atoms with E-state index in [2.05, 4.69) is 26.0 Å². The number of thioether (sulfide) groups is 1. The van der Waals surface area contributed by atoms with E-state index in [9.17, 15) is 14.0 Å². The molecule has 0 aromatic heterocycles. The molecule has 0 aliphatic heterocycles. The standard InChI is InChI=1S/C17H15BrFNO3S/c1-23-17(22)11-3-6-14(7-4-11)20-16(21)10-24-9-12-2-5-13(19)8-15(12)18/h2-8H,9-10H2,1H3,(H,20,21). The molecule has 2 aromatic carbocycles. The Morgan fingerprint density at radius 2 is 1.92 bits per heavy atom. The first-order chi connectivity index (χ1) is 11.5. The van der Waals surface area contributed by atoms with Gasteiger partial charge in [-0.2, -0.15) is 0 Å². The lowest BCUT2D eigenvalue weighted by Crippen LogP contribution is -2.14. The predicted molar refractivity (Wildman–Crippen MR) is 96.7 cm³/mol. The number of carbonyl (C=O) groups is 2. The van der Waals surface area contributed by atoms with Gasteiger partial charge in [0, 0.05) is 15.9 Å². The highest BCUT2D eigenvalue weighted by Crippen LogP contribution is 2.23. The summed E-state index contributed by atoms with van der Waals surface area (Å²) in [5.41, 5.74) is 1.96. The number of ether oxygens (including phenoxy) is 1. The van der Waals surface area contributed by atoms with Crippen LogP contribution in [0.2, 0.25) is 0 Å². The van der Waals surface area contributed by atoms with Crippen LogP contribution in [0.5, 0.6) is 0 Å². The second kappa shape index (κ2) is 8.84. The Morgan fingerprint density at radius 3 is 2.54 bits per heavy atom. The zero-order valence-electron chi connectivity index (χ0n) is 12.8. The number of hydrogen-bond donors (Lipinski definition) is 1. The molecule has 0 fully saturated rings. The van der Waals surface area contributed by atoms with Crippen LogP contribution in [0.4, 0.5) is 10.1 Å². The van der Waals surface area contributed by atoms with E-state index in [4.69, 9.17) is 0 Å². The van der Waals surface area contributed by atoms with Crippen LogP contribution < -0.4 is 5.32 Å². The molecule has 0 spiro atoms. The van der Waals surface area contributed by atoms with Gasteiger partial charge >= 0.3 is 5.97 Å². The van der Waals surface area contributed by atoms with Gasteiger partial charge in [-0.05, 0) is 42.0 Å². The molecule has 24 heavy (non-hydrogen) atoms. The van der Waals surface area contributed by atoms with Gasteiger partial charge in [0.25, 0.3) is 0 Å². The molecule has 7 heteroatoms. The Morgan fingerprint density at radius 1 is 1.21 bits per heavy atom. The first-order valence-corrected chi connectivity index (χ1v) is 8.94. The Bertz CT molecular complexity index is 737. The number of carbonyl (C=O) groups excluding carboxylic acids is 2. The highest BCUT2D eigenvalue weighted by Gasteiger charge is 2.07. The third kappa shape index (κ3) is 5.35. The van der Waals surface area contributed by atoms with Gasteiger partial charge in [0.05, 0.1) is 18.4 Å². The molecule has 0 atom stereocenters. The zero-order valence-corrected chi connectivity index (χ0v) is 15.2. The lowest BCUT2D eigenvalue weighted by molar-refractivity contribution is -0.113. The van der Waals surface area contributed by atoms with Gasteiger partial charge in [-0.25, -0.2) is 9.18 Å². The van der Waals surface area contributed by atoms with Crippen molar-refractivity contribution < 1.29 is 18.7 Å². The molecular formula is C17H15BrFNO3S. The van der Waals surface area contributed by atoms with Gasteiger partial charge < -0.3 is 10.1 Å². The molecule has 1 amide bonds. The molecule has 0 radical (unpaired) electrons. The van der Waals surface area contributed by atoms with Crippen LogP contribution in [0.3, 0.4) is 0 Å². The van der Waals surface area contributed by atoms with Crippen LogP contribution in [-0.4, -0.2) is 24.7 Å². The smallest absolute Gasteiger partial charge is 0.337 e. The fourth-order valence-corrected chi connectivity index (χ4v) is 3.40. The Balaban J connectivity index is 1.81.